The van der Waals surface area contributed by atoms with Crippen LogP contribution in [0.3, 0.4) is 0 Å². The van der Waals surface area contributed by atoms with Gasteiger partial charge in [0, 0.05) is 13.1 Å². The predicted octanol–water partition coefficient (Wildman–Crippen LogP) is -1.59. The van der Waals surface area contributed by atoms with Gasteiger partial charge in [0.15, 0.2) is 0 Å². The molecule has 0 aromatic heterocycles. The summed E-state index contributed by atoms with van der Waals surface area (Å²) in [5.74, 6) is -0.344. The summed E-state index contributed by atoms with van der Waals surface area (Å²) < 4.78 is 0. The molecule has 0 aliphatic rings. The van der Waals surface area contributed by atoms with Crippen LogP contribution < -0.4 is 16.8 Å². The molecule has 5 heteroatoms. The second-order valence-electron chi connectivity index (χ2n) is 3.48. The molecule has 0 heterocycles. The molecule has 0 radical (unpaired) electrons. The Bertz CT molecular complexity index is 161. The molecule has 0 saturated carbocycles. The largest absolute Gasteiger partial charge is 0.392 e. The fourth-order valence-corrected chi connectivity index (χ4v) is 0.723. The molecule has 0 aromatic rings. The highest BCUT2D eigenvalue weighted by atomic mass is 16.3. The highest BCUT2D eigenvalue weighted by Crippen LogP contribution is 1.98. The maximum absolute atomic E-state index is 10.5. The molecule has 0 fully saturated rings. The average Bonchev–Trinajstić information content (AvgIpc) is 2.03. The highest BCUT2D eigenvalue weighted by molar-refractivity contribution is 5.79. The molecule has 0 aliphatic heterocycles. The molecule has 0 rings (SSSR count). The molecule has 6 N–H and O–H groups in total. The van der Waals surface area contributed by atoms with E-state index >= 15 is 0 Å². The van der Waals surface area contributed by atoms with E-state index in [-0.39, 0.29) is 5.92 Å². The van der Waals surface area contributed by atoms with Gasteiger partial charge < -0.3 is 21.9 Å². The molecule has 5 nitrogen and oxygen atoms in total. The lowest BCUT2D eigenvalue weighted by Crippen LogP contribution is -2.46. The van der Waals surface area contributed by atoms with Crippen LogP contribution in [-0.4, -0.2) is 36.2 Å². The predicted molar refractivity (Wildman–Crippen MR) is 50.9 cm³/mol. The lowest BCUT2D eigenvalue weighted by Gasteiger charge is -2.16. The van der Waals surface area contributed by atoms with Gasteiger partial charge in [-0.1, -0.05) is 13.8 Å². The lowest BCUT2D eigenvalue weighted by molar-refractivity contribution is -0.119. The van der Waals surface area contributed by atoms with Crippen molar-refractivity contribution >= 4 is 5.91 Å². The lowest BCUT2D eigenvalue weighted by atomic mass is 10.1. The van der Waals surface area contributed by atoms with E-state index in [0.29, 0.717) is 13.1 Å². The van der Waals surface area contributed by atoms with E-state index in [4.69, 9.17) is 11.5 Å². The van der Waals surface area contributed by atoms with Crippen molar-refractivity contribution in [1.82, 2.24) is 5.32 Å². The minimum atomic E-state index is -0.681. The van der Waals surface area contributed by atoms with Crippen molar-refractivity contribution in [3.05, 3.63) is 0 Å². The second-order valence-corrected chi connectivity index (χ2v) is 3.48. The quantitative estimate of drug-likeness (QED) is 0.404. The van der Waals surface area contributed by atoms with Gasteiger partial charge >= 0.3 is 0 Å². The number of rotatable bonds is 6. The van der Waals surface area contributed by atoms with Crippen molar-refractivity contribution in [3.8, 4) is 0 Å². The second kappa shape index (κ2) is 5.90. The van der Waals surface area contributed by atoms with Crippen LogP contribution in [0.15, 0.2) is 0 Å². The van der Waals surface area contributed by atoms with E-state index in [0.717, 1.165) is 0 Å². The number of carbonyl (C=O) groups excluding carboxylic acids is 1. The first-order valence-electron chi connectivity index (χ1n) is 4.38. The molecule has 2 atom stereocenters. The number of nitrogens with two attached hydrogens (primary N) is 2. The molecule has 0 saturated heterocycles. The summed E-state index contributed by atoms with van der Waals surface area (Å²) in [4.78, 5) is 10.5. The zero-order chi connectivity index (χ0) is 10.4. The molecule has 1 amide bonds. The maximum atomic E-state index is 10.5. The van der Waals surface area contributed by atoms with Gasteiger partial charge in [-0.05, 0) is 5.92 Å². The summed E-state index contributed by atoms with van der Waals surface area (Å²) >= 11 is 0. The van der Waals surface area contributed by atoms with E-state index in [9.17, 15) is 9.90 Å². The Hall–Kier alpha value is -0.650. The Morgan fingerprint density at radius 3 is 2.38 bits per heavy atom. The van der Waals surface area contributed by atoms with Crippen LogP contribution in [0.5, 0.6) is 0 Å². The normalized spacial score (nSPS) is 15.8. The van der Waals surface area contributed by atoms with Crippen LogP contribution in [0.25, 0.3) is 0 Å². The van der Waals surface area contributed by atoms with Gasteiger partial charge in [-0.15, -0.1) is 0 Å². The number of aliphatic hydroxyl groups excluding tert-OH is 1. The van der Waals surface area contributed by atoms with E-state index in [1.54, 1.807) is 0 Å². The van der Waals surface area contributed by atoms with Gasteiger partial charge in [0.1, 0.15) is 0 Å². The smallest absolute Gasteiger partial charge is 0.235 e. The van der Waals surface area contributed by atoms with E-state index < -0.39 is 18.1 Å². The van der Waals surface area contributed by atoms with Crippen LogP contribution in [0.1, 0.15) is 13.8 Å². The third-order valence-electron chi connectivity index (χ3n) is 1.85. The van der Waals surface area contributed by atoms with Crippen LogP contribution in [-0.2, 0) is 4.79 Å². The van der Waals surface area contributed by atoms with Crippen molar-refractivity contribution in [2.75, 3.05) is 13.1 Å². The van der Waals surface area contributed by atoms with E-state index in [1.165, 1.54) is 0 Å². The minimum absolute atomic E-state index is 0.192. The Kier molecular flexibility index (Phi) is 5.61. The van der Waals surface area contributed by atoms with Gasteiger partial charge in [0.25, 0.3) is 0 Å². The summed E-state index contributed by atoms with van der Waals surface area (Å²) in [6, 6.07) is -0.681. The van der Waals surface area contributed by atoms with E-state index in [1.807, 2.05) is 13.8 Å². The zero-order valence-corrected chi connectivity index (χ0v) is 8.16. The third kappa shape index (κ3) is 5.57. The monoisotopic (exact) mass is 189 g/mol. The summed E-state index contributed by atoms with van der Waals surface area (Å²) in [6.45, 7) is 4.57. The Labute approximate surface area is 78.5 Å². The van der Waals surface area contributed by atoms with Gasteiger partial charge in [-0.2, -0.15) is 0 Å². The number of amides is 1. The van der Waals surface area contributed by atoms with Gasteiger partial charge in [0.05, 0.1) is 12.1 Å². The fourth-order valence-electron chi connectivity index (χ4n) is 0.723. The van der Waals surface area contributed by atoms with Crippen molar-refractivity contribution in [2.45, 2.75) is 26.0 Å². The standard InChI is InChI=1S/C8H19N3O2/c1-5(2)7(12)4-11-3-6(9)8(10)13/h5-7,11-12H,3-4,9H2,1-2H3,(H2,10,13). The number of hydrogen-bond acceptors (Lipinski definition) is 4. The van der Waals surface area contributed by atoms with Crippen molar-refractivity contribution in [1.29, 1.82) is 0 Å². The average molecular weight is 189 g/mol. The molecule has 78 valence electrons. The van der Waals surface area contributed by atoms with Gasteiger partial charge in [0.2, 0.25) is 5.91 Å². The first kappa shape index (κ1) is 12.3. The fraction of sp³-hybridized carbons (Fsp3) is 0.875. The topological polar surface area (TPSA) is 101 Å². The van der Waals surface area contributed by atoms with Crippen molar-refractivity contribution < 1.29 is 9.90 Å². The summed E-state index contributed by atoms with van der Waals surface area (Å²) in [5.41, 5.74) is 10.3. The number of nitrogens with one attached hydrogen (secondary N) is 1. The van der Waals surface area contributed by atoms with Gasteiger partial charge in [-0.25, -0.2) is 0 Å². The number of aliphatic hydroxyl groups is 1. The first-order chi connectivity index (χ1) is 5.95. The Morgan fingerprint density at radius 2 is 2.00 bits per heavy atom. The third-order valence-corrected chi connectivity index (χ3v) is 1.85. The van der Waals surface area contributed by atoms with Crippen LogP contribution in [0, 0.1) is 5.92 Å². The van der Waals surface area contributed by atoms with Crippen LogP contribution in [0.4, 0.5) is 0 Å². The SMILES string of the molecule is CC(C)C(O)CNCC(N)C(N)=O. The Morgan fingerprint density at radius 1 is 1.46 bits per heavy atom. The molecular weight excluding hydrogens is 170 g/mol. The molecule has 0 bridgehead atoms. The molecule has 0 aliphatic carbocycles. The summed E-state index contributed by atoms with van der Waals surface area (Å²) in [5, 5.41) is 12.2. The first-order valence-corrected chi connectivity index (χ1v) is 4.38. The summed E-state index contributed by atoms with van der Waals surface area (Å²) in [6.07, 6.45) is -0.417. The van der Waals surface area contributed by atoms with Crippen molar-refractivity contribution in [2.24, 2.45) is 17.4 Å². The summed E-state index contributed by atoms with van der Waals surface area (Å²) in [7, 11) is 0. The number of hydrogen-bond donors (Lipinski definition) is 4. The van der Waals surface area contributed by atoms with Crippen molar-refractivity contribution in [3.63, 3.8) is 0 Å². The van der Waals surface area contributed by atoms with Crippen LogP contribution >= 0.6 is 0 Å². The number of primary amides is 1. The van der Waals surface area contributed by atoms with Crippen LogP contribution in [0.2, 0.25) is 0 Å². The molecule has 2 unspecified atom stereocenters. The minimum Gasteiger partial charge on any atom is -0.392 e. The highest BCUT2D eigenvalue weighted by Gasteiger charge is 2.11. The Balaban J connectivity index is 3.50. The molecular formula is C8H19N3O2. The maximum Gasteiger partial charge on any atom is 0.235 e. The zero-order valence-electron chi connectivity index (χ0n) is 8.16. The molecule has 0 spiro atoms. The van der Waals surface area contributed by atoms with E-state index in [2.05, 4.69) is 5.32 Å². The molecule has 13 heavy (non-hydrogen) atoms. The van der Waals surface area contributed by atoms with Gasteiger partial charge in [-0.3, -0.25) is 4.79 Å². The number of carbonyl (C=O) groups is 1. The molecule has 0 aromatic carbocycles.